The standard InChI is InChI=1S/C26H34N2O2/c1-20-10-12-21(13-11-20)15-19-28(4)25(2,3)17-18-26(22-8-6-5-7-9-22)16-14-23(29)27-24(26)30/h5-13H,14-19H2,1-4H3,(H,27,29,30). The van der Waals surface area contributed by atoms with Crippen molar-refractivity contribution in [1.29, 1.82) is 0 Å². The molecule has 0 aliphatic carbocycles. The van der Waals surface area contributed by atoms with Gasteiger partial charge in [0.25, 0.3) is 0 Å². The molecule has 1 heterocycles. The molecule has 0 saturated carbocycles. The SMILES string of the molecule is Cc1ccc(CCN(C)C(C)(C)CCC2(c3ccccc3)CCC(=O)NC2=O)cc1. The highest BCUT2D eigenvalue weighted by molar-refractivity contribution is 6.03. The number of carbonyl (C=O) groups excluding carboxylic acids is 2. The van der Waals surface area contributed by atoms with Crippen LogP contribution >= 0.6 is 0 Å². The third-order valence-corrected chi connectivity index (χ3v) is 6.85. The van der Waals surface area contributed by atoms with Crippen molar-refractivity contribution in [3.8, 4) is 0 Å². The summed E-state index contributed by atoms with van der Waals surface area (Å²) in [6.45, 7) is 7.55. The van der Waals surface area contributed by atoms with Gasteiger partial charge in [0.05, 0.1) is 5.41 Å². The Labute approximate surface area is 180 Å². The predicted octanol–water partition coefficient (Wildman–Crippen LogP) is 4.40. The van der Waals surface area contributed by atoms with Crippen molar-refractivity contribution < 1.29 is 9.59 Å². The second-order valence-electron chi connectivity index (χ2n) is 9.30. The summed E-state index contributed by atoms with van der Waals surface area (Å²) >= 11 is 0. The van der Waals surface area contributed by atoms with E-state index in [4.69, 9.17) is 0 Å². The molecule has 2 aromatic rings. The molecule has 30 heavy (non-hydrogen) atoms. The van der Waals surface area contributed by atoms with Crippen molar-refractivity contribution in [2.75, 3.05) is 13.6 Å². The number of amides is 2. The summed E-state index contributed by atoms with van der Waals surface area (Å²) in [5, 5.41) is 2.59. The fraction of sp³-hybridized carbons (Fsp3) is 0.462. The number of aryl methyl sites for hydroxylation is 1. The summed E-state index contributed by atoms with van der Waals surface area (Å²) in [4.78, 5) is 27.2. The number of likely N-dealkylation sites (N-methyl/N-ethyl adjacent to an activating group) is 1. The highest BCUT2D eigenvalue weighted by Gasteiger charge is 2.45. The molecule has 1 aliphatic rings. The second kappa shape index (κ2) is 9.13. The van der Waals surface area contributed by atoms with E-state index in [2.05, 4.69) is 62.3 Å². The van der Waals surface area contributed by atoms with Crippen molar-refractivity contribution in [3.63, 3.8) is 0 Å². The lowest BCUT2D eigenvalue weighted by Crippen LogP contribution is -2.53. The minimum Gasteiger partial charge on any atom is -0.301 e. The molecule has 3 rings (SSSR count). The zero-order valence-electron chi connectivity index (χ0n) is 18.7. The molecule has 2 amide bonds. The average Bonchev–Trinajstić information content (AvgIpc) is 2.73. The first-order valence-corrected chi connectivity index (χ1v) is 10.9. The van der Waals surface area contributed by atoms with Crippen LogP contribution in [0, 0.1) is 6.92 Å². The van der Waals surface area contributed by atoms with Gasteiger partial charge in [0.2, 0.25) is 11.8 Å². The molecule has 0 bridgehead atoms. The molecule has 1 N–H and O–H groups in total. The topological polar surface area (TPSA) is 49.4 Å². The fourth-order valence-electron chi connectivity index (χ4n) is 4.23. The Morgan fingerprint density at radius 1 is 1.03 bits per heavy atom. The van der Waals surface area contributed by atoms with E-state index < -0.39 is 5.41 Å². The quantitative estimate of drug-likeness (QED) is 0.661. The third kappa shape index (κ3) is 4.99. The van der Waals surface area contributed by atoms with Crippen LogP contribution in [-0.4, -0.2) is 35.8 Å². The van der Waals surface area contributed by atoms with E-state index in [0.29, 0.717) is 12.8 Å². The van der Waals surface area contributed by atoms with E-state index in [1.165, 1.54) is 11.1 Å². The Morgan fingerprint density at radius 3 is 2.33 bits per heavy atom. The van der Waals surface area contributed by atoms with Crippen LogP contribution in [-0.2, 0) is 21.4 Å². The molecular weight excluding hydrogens is 372 g/mol. The number of nitrogens with one attached hydrogen (secondary N) is 1. The Morgan fingerprint density at radius 2 is 1.70 bits per heavy atom. The van der Waals surface area contributed by atoms with E-state index in [0.717, 1.165) is 31.4 Å². The molecule has 0 radical (unpaired) electrons. The molecule has 4 nitrogen and oxygen atoms in total. The van der Waals surface area contributed by atoms with Crippen LogP contribution in [0.2, 0.25) is 0 Å². The number of nitrogens with zero attached hydrogens (tertiary/aromatic N) is 1. The Hall–Kier alpha value is -2.46. The molecule has 160 valence electrons. The first-order chi connectivity index (χ1) is 14.2. The van der Waals surface area contributed by atoms with Crippen LogP contribution in [0.5, 0.6) is 0 Å². The predicted molar refractivity (Wildman–Crippen MR) is 121 cm³/mol. The number of carbonyl (C=O) groups is 2. The first-order valence-electron chi connectivity index (χ1n) is 10.9. The van der Waals surface area contributed by atoms with Gasteiger partial charge in [-0.3, -0.25) is 14.9 Å². The van der Waals surface area contributed by atoms with Crippen LogP contribution in [0.1, 0.15) is 56.2 Å². The number of hydrogen-bond acceptors (Lipinski definition) is 3. The minimum absolute atomic E-state index is 0.0613. The van der Waals surface area contributed by atoms with Crippen molar-refractivity contribution in [3.05, 3.63) is 71.3 Å². The van der Waals surface area contributed by atoms with E-state index in [-0.39, 0.29) is 17.4 Å². The van der Waals surface area contributed by atoms with E-state index in [9.17, 15) is 9.59 Å². The third-order valence-electron chi connectivity index (χ3n) is 6.85. The van der Waals surface area contributed by atoms with Crippen LogP contribution in [0.4, 0.5) is 0 Å². The van der Waals surface area contributed by atoms with Crippen molar-refractivity contribution >= 4 is 11.8 Å². The fourth-order valence-corrected chi connectivity index (χ4v) is 4.23. The molecule has 1 fully saturated rings. The van der Waals surface area contributed by atoms with E-state index >= 15 is 0 Å². The first kappa shape index (κ1) is 22.2. The number of piperidine rings is 1. The molecule has 1 saturated heterocycles. The number of imide groups is 1. The van der Waals surface area contributed by atoms with Crippen LogP contribution in [0.25, 0.3) is 0 Å². The zero-order valence-corrected chi connectivity index (χ0v) is 18.7. The molecule has 0 spiro atoms. The van der Waals surface area contributed by atoms with E-state index in [1.54, 1.807) is 0 Å². The number of hydrogen-bond donors (Lipinski definition) is 1. The molecule has 0 aromatic heterocycles. The number of benzene rings is 2. The summed E-state index contributed by atoms with van der Waals surface area (Å²) in [6.07, 6.45) is 3.56. The van der Waals surface area contributed by atoms with Gasteiger partial charge < -0.3 is 4.90 Å². The maximum Gasteiger partial charge on any atom is 0.237 e. The highest BCUT2D eigenvalue weighted by Crippen LogP contribution is 2.39. The van der Waals surface area contributed by atoms with Gasteiger partial charge in [0.1, 0.15) is 0 Å². The number of rotatable bonds is 8. The lowest BCUT2D eigenvalue weighted by molar-refractivity contribution is -0.138. The van der Waals surface area contributed by atoms with Gasteiger partial charge >= 0.3 is 0 Å². The van der Waals surface area contributed by atoms with Gasteiger partial charge in [-0.2, -0.15) is 0 Å². The zero-order chi connectivity index (χ0) is 21.8. The lowest BCUT2D eigenvalue weighted by atomic mass is 9.69. The van der Waals surface area contributed by atoms with Gasteiger partial charge in [-0.15, -0.1) is 0 Å². The Bertz CT molecular complexity index is 874. The van der Waals surface area contributed by atoms with Crippen LogP contribution < -0.4 is 5.32 Å². The maximum absolute atomic E-state index is 13.0. The monoisotopic (exact) mass is 406 g/mol. The van der Waals surface area contributed by atoms with Gasteiger partial charge in [0.15, 0.2) is 0 Å². The Balaban J connectivity index is 1.69. The van der Waals surface area contributed by atoms with Gasteiger partial charge in [0, 0.05) is 18.5 Å². The molecule has 2 aromatic carbocycles. The van der Waals surface area contributed by atoms with Crippen LogP contribution in [0.3, 0.4) is 0 Å². The normalized spacial score (nSPS) is 19.8. The summed E-state index contributed by atoms with van der Waals surface area (Å²) in [5.74, 6) is -0.316. The summed E-state index contributed by atoms with van der Waals surface area (Å²) in [7, 11) is 2.16. The summed E-state index contributed by atoms with van der Waals surface area (Å²) < 4.78 is 0. The lowest BCUT2D eigenvalue weighted by Gasteiger charge is -2.41. The van der Waals surface area contributed by atoms with E-state index in [1.807, 2.05) is 30.3 Å². The van der Waals surface area contributed by atoms with Gasteiger partial charge in [-0.05, 0) is 64.6 Å². The summed E-state index contributed by atoms with van der Waals surface area (Å²) in [5.41, 5.74) is 2.93. The minimum atomic E-state index is -0.635. The second-order valence-corrected chi connectivity index (χ2v) is 9.30. The maximum atomic E-state index is 13.0. The Kier molecular flexibility index (Phi) is 6.77. The highest BCUT2D eigenvalue weighted by atomic mass is 16.2. The average molecular weight is 407 g/mol. The van der Waals surface area contributed by atoms with Crippen molar-refractivity contribution in [2.24, 2.45) is 0 Å². The summed E-state index contributed by atoms with van der Waals surface area (Å²) in [6, 6.07) is 18.7. The molecule has 1 aliphatic heterocycles. The smallest absolute Gasteiger partial charge is 0.237 e. The van der Waals surface area contributed by atoms with Crippen molar-refractivity contribution in [2.45, 2.75) is 63.8 Å². The van der Waals surface area contributed by atoms with Gasteiger partial charge in [-0.1, -0.05) is 60.2 Å². The van der Waals surface area contributed by atoms with Crippen LogP contribution in [0.15, 0.2) is 54.6 Å². The largest absolute Gasteiger partial charge is 0.301 e. The molecule has 1 unspecified atom stereocenters. The van der Waals surface area contributed by atoms with Gasteiger partial charge in [-0.25, -0.2) is 0 Å². The molecule has 4 heteroatoms. The molecule has 1 atom stereocenters. The van der Waals surface area contributed by atoms with Crippen molar-refractivity contribution in [1.82, 2.24) is 10.2 Å². The molecular formula is C26H34N2O2.